The van der Waals surface area contributed by atoms with Crippen LogP contribution in [0.25, 0.3) is 0 Å². The third-order valence-corrected chi connectivity index (χ3v) is 6.56. The van der Waals surface area contributed by atoms with Crippen molar-refractivity contribution >= 4 is 8.80 Å². The molecule has 0 amide bonds. The van der Waals surface area contributed by atoms with Crippen molar-refractivity contribution in [2.45, 2.75) is 51.0 Å². The van der Waals surface area contributed by atoms with E-state index < -0.39 is 8.80 Å². The van der Waals surface area contributed by atoms with Crippen LogP contribution >= 0.6 is 0 Å². The number of allylic oxidation sites excluding steroid dienone is 4. The first-order valence-corrected chi connectivity index (χ1v) is 9.20. The van der Waals surface area contributed by atoms with E-state index >= 15 is 0 Å². The summed E-state index contributed by atoms with van der Waals surface area (Å²) in [7, 11) is 2.72. The molecule has 0 N–H and O–H groups in total. The second kappa shape index (κ2) is 9.48. The highest BCUT2D eigenvalue weighted by Crippen LogP contribution is 2.20. The quantitative estimate of drug-likeness (QED) is 0.422. The lowest BCUT2D eigenvalue weighted by molar-refractivity contribution is 0.122. The summed E-state index contributed by atoms with van der Waals surface area (Å²) in [4.78, 5) is 0. The van der Waals surface area contributed by atoms with Crippen molar-refractivity contribution in [1.29, 1.82) is 0 Å². The van der Waals surface area contributed by atoms with Crippen LogP contribution in [0.1, 0.15) is 44.9 Å². The van der Waals surface area contributed by atoms with Crippen molar-refractivity contribution in [2.24, 2.45) is 0 Å². The van der Waals surface area contributed by atoms with Gasteiger partial charge in [0.05, 0.1) is 0 Å². The van der Waals surface area contributed by atoms with Crippen LogP contribution in [0.3, 0.4) is 0 Å². The number of unbranched alkanes of at least 4 members (excludes halogenated alkanes) is 4. The zero-order valence-corrected chi connectivity index (χ0v) is 13.6. The first-order valence-electron chi connectivity index (χ1n) is 7.27. The molecule has 0 spiro atoms. The van der Waals surface area contributed by atoms with E-state index in [1.54, 1.807) is 21.3 Å². The molecule has 4 heteroatoms. The molecule has 0 aromatic heterocycles. The summed E-state index contributed by atoms with van der Waals surface area (Å²) in [6.45, 7) is 0. The Bertz CT molecular complexity index is 288. The average Bonchev–Trinajstić information content (AvgIpc) is 2.96. The molecule has 1 aliphatic rings. The largest absolute Gasteiger partial charge is 0.500 e. The summed E-state index contributed by atoms with van der Waals surface area (Å²) in [5, 5.41) is 0. The molecule has 3 nitrogen and oxygen atoms in total. The first-order chi connectivity index (χ1) is 9.26. The van der Waals surface area contributed by atoms with Gasteiger partial charge in [0, 0.05) is 27.4 Å². The molecule has 0 radical (unpaired) electrons. The second-order valence-corrected chi connectivity index (χ2v) is 8.07. The average molecular weight is 284 g/mol. The van der Waals surface area contributed by atoms with Gasteiger partial charge < -0.3 is 13.3 Å². The maximum Gasteiger partial charge on any atom is 0.500 e. The fourth-order valence-electron chi connectivity index (χ4n) is 2.45. The smallest absolute Gasteiger partial charge is 0.377 e. The van der Waals surface area contributed by atoms with Gasteiger partial charge in [0.15, 0.2) is 0 Å². The second-order valence-electron chi connectivity index (χ2n) is 4.98. The lowest BCUT2D eigenvalue weighted by Gasteiger charge is -2.24. The molecule has 0 unspecified atom stereocenters. The molecular weight excluding hydrogens is 256 g/mol. The molecule has 0 aromatic carbocycles. The molecule has 0 atom stereocenters. The van der Waals surface area contributed by atoms with Crippen molar-refractivity contribution in [3.8, 4) is 0 Å². The Morgan fingerprint density at radius 2 is 1.58 bits per heavy atom. The summed E-state index contributed by atoms with van der Waals surface area (Å²) < 4.78 is 16.2. The standard InChI is InChI=1S/C15H28O3Si/c1-16-19(17-2,18-3)14-10-6-4-5-7-11-15-12-8-9-13-15/h8,12-13H,4-7,9-11,14H2,1-3H3. The molecular formula is C15H28O3Si. The molecule has 0 aliphatic heterocycles. The highest BCUT2D eigenvalue weighted by molar-refractivity contribution is 6.60. The maximum absolute atomic E-state index is 5.41. The topological polar surface area (TPSA) is 27.7 Å². The fraction of sp³-hybridized carbons (Fsp3) is 0.733. The maximum atomic E-state index is 5.41. The van der Waals surface area contributed by atoms with Gasteiger partial charge in [-0.15, -0.1) is 0 Å². The van der Waals surface area contributed by atoms with Crippen molar-refractivity contribution in [1.82, 2.24) is 0 Å². The molecule has 0 heterocycles. The van der Waals surface area contributed by atoms with Crippen LogP contribution in [0.15, 0.2) is 23.8 Å². The van der Waals surface area contributed by atoms with Gasteiger partial charge in [-0.1, -0.05) is 43.1 Å². The Kier molecular flexibility index (Phi) is 8.29. The van der Waals surface area contributed by atoms with Crippen LogP contribution in [0.5, 0.6) is 0 Å². The van der Waals surface area contributed by atoms with Crippen LogP contribution in [0.4, 0.5) is 0 Å². The molecule has 0 saturated carbocycles. The highest BCUT2D eigenvalue weighted by Gasteiger charge is 2.36. The van der Waals surface area contributed by atoms with E-state index in [4.69, 9.17) is 13.3 Å². The normalized spacial score (nSPS) is 15.0. The van der Waals surface area contributed by atoms with Gasteiger partial charge in [0.2, 0.25) is 0 Å². The summed E-state index contributed by atoms with van der Waals surface area (Å²) >= 11 is 0. The van der Waals surface area contributed by atoms with E-state index in [1.807, 2.05) is 0 Å². The zero-order chi connectivity index (χ0) is 14.0. The molecule has 0 aromatic rings. The molecule has 0 saturated heterocycles. The predicted octanol–water partition coefficient (Wildman–Crippen LogP) is 4.09. The van der Waals surface area contributed by atoms with Gasteiger partial charge in [-0.2, -0.15) is 0 Å². The van der Waals surface area contributed by atoms with Crippen molar-refractivity contribution in [2.75, 3.05) is 21.3 Å². The highest BCUT2D eigenvalue weighted by atomic mass is 28.4. The molecule has 0 fully saturated rings. The summed E-state index contributed by atoms with van der Waals surface area (Å²) in [5.74, 6) is 0. The summed E-state index contributed by atoms with van der Waals surface area (Å²) in [5.41, 5.74) is 1.52. The Morgan fingerprint density at radius 1 is 0.947 bits per heavy atom. The van der Waals surface area contributed by atoms with Gasteiger partial charge in [-0.25, -0.2) is 0 Å². The van der Waals surface area contributed by atoms with Gasteiger partial charge in [-0.05, 0) is 25.7 Å². The predicted molar refractivity (Wildman–Crippen MR) is 81.1 cm³/mol. The van der Waals surface area contributed by atoms with Crippen molar-refractivity contribution in [3.05, 3.63) is 23.8 Å². The van der Waals surface area contributed by atoms with E-state index in [-0.39, 0.29) is 0 Å². The van der Waals surface area contributed by atoms with Crippen LogP contribution in [0.2, 0.25) is 6.04 Å². The van der Waals surface area contributed by atoms with Crippen molar-refractivity contribution < 1.29 is 13.3 Å². The SMILES string of the molecule is CO[Si](CCCCCCCC1=CCC=C1)(OC)OC. The molecule has 110 valence electrons. The lowest BCUT2D eigenvalue weighted by Crippen LogP contribution is -2.42. The van der Waals surface area contributed by atoms with E-state index in [2.05, 4.69) is 18.2 Å². The number of hydrogen-bond acceptors (Lipinski definition) is 3. The van der Waals surface area contributed by atoms with Crippen molar-refractivity contribution in [3.63, 3.8) is 0 Å². The first kappa shape index (κ1) is 16.6. The Hall–Kier alpha value is -0.423. The monoisotopic (exact) mass is 284 g/mol. The van der Waals surface area contributed by atoms with Gasteiger partial charge in [-0.3, -0.25) is 0 Å². The minimum atomic E-state index is -2.33. The minimum Gasteiger partial charge on any atom is -0.377 e. The third-order valence-electron chi connectivity index (χ3n) is 3.73. The van der Waals surface area contributed by atoms with E-state index in [1.165, 1.54) is 37.7 Å². The molecule has 1 aliphatic carbocycles. The molecule has 1 rings (SSSR count). The van der Waals surface area contributed by atoms with E-state index in [9.17, 15) is 0 Å². The fourth-order valence-corrected chi connectivity index (χ4v) is 4.24. The van der Waals surface area contributed by atoms with E-state index in [0.717, 1.165) is 18.9 Å². The summed E-state index contributed by atoms with van der Waals surface area (Å²) in [6.07, 6.45) is 15.5. The van der Waals surface area contributed by atoms with Crippen LogP contribution in [-0.4, -0.2) is 30.1 Å². The number of rotatable bonds is 11. The Balaban J connectivity index is 1.99. The summed E-state index contributed by atoms with van der Waals surface area (Å²) in [6, 6.07) is 0.921. The van der Waals surface area contributed by atoms with Crippen LogP contribution in [0, 0.1) is 0 Å². The lowest BCUT2D eigenvalue weighted by atomic mass is 10.1. The Morgan fingerprint density at radius 3 is 2.16 bits per heavy atom. The van der Waals surface area contributed by atoms with Gasteiger partial charge >= 0.3 is 8.80 Å². The molecule has 0 bridgehead atoms. The van der Waals surface area contributed by atoms with Crippen LogP contribution in [-0.2, 0) is 13.3 Å². The van der Waals surface area contributed by atoms with Gasteiger partial charge in [0.1, 0.15) is 0 Å². The van der Waals surface area contributed by atoms with Crippen LogP contribution < -0.4 is 0 Å². The zero-order valence-electron chi connectivity index (χ0n) is 12.6. The number of hydrogen-bond donors (Lipinski definition) is 0. The van der Waals surface area contributed by atoms with E-state index in [0.29, 0.717) is 0 Å². The molecule has 19 heavy (non-hydrogen) atoms. The third kappa shape index (κ3) is 6.04. The van der Waals surface area contributed by atoms with Gasteiger partial charge in [0.25, 0.3) is 0 Å². The Labute approximate surface area is 119 Å². The minimum absolute atomic E-state index is 0.921.